The summed E-state index contributed by atoms with van der Waals surface area (Å²) in [6.45, 7) is 1.67. The lowest BCUT2D eigenvalue weighted by Crippen LogP contribution is -2.36. The number of rotatable bonds is 5. The zero-order chi connectivity index (χ0) is 17.6. The molecule has 1 N–H and O–H groups in total. The molecule has 1 amide bonds. The van der Waals surface area contributed by atoms with E-state index in [9.17, 15) is 13.6 Å². The number of nitrogens with zero attached hydrogens (tertiary/aromatic N) is 1. The number of nitrogens with one attached hydrogen (secondary N) is 1. The molecule has 1 atom stereocenters. The average Bonchev–Trinajstić information content (AvgIpc) is 2.60. The van der Waals surface area contributed by atoms with Crippen LogP contribution in [0.5, 0.6) is 0 Å². The first kappa shape index (κ1) is 17.5. The molecule has 2 aromatic rings. The molecule has 0 bridgehead atoms. The number of benzene rings is 2. The fourth-order valence-electron chi connectivity index (χ4n) is 3.36. The molecule has 0 aliphatic carbocycles. The molecule has 132 valence electrons. The van der Waals surface area contributed by atoms with Gasteiger partial charge < -0.3 is 5.32 Å². The van der Waals surface area contributed by atoms with E-state index in [1.807, 2.05) is 30.3 Å². The first-order valence-corrected chi connectivity index (χ1v) is 8.67. The van der Waals surface area contributed by atoms with Gasteiger partial charge in [0.05, 0.1) is 0 Å². The van der Waals surface area contributed by atoms with Gasteiger partial charge in [0.25, 0.3) is 0 Å². The predicted octanol–water partition coefficient (Wildman–Crippen LogP) is 4.52. The minimum absolute atomic E-state index is 0.161. The second-order valence-electron chi connectivity index (χ2n) is 6.43. The number of halogens is 2. The summed E-state index contributed by atoms with van der Waals surface area (Å²) in [5.41, 5.74) is 1.23. The molecular weight excluding hydrogens is 322 g/mol. The van der Waals surface area contributed by atoms with E-state index in [1.165, 1.54) is 12.1 Å². The lowest BCUT2D eigenvalue weighted by molar-refractivity contribution is -0.117. The molecule has 1 aliphatic rings. The summed E-state index contributed by atoms with van der Waals surface area (Å²) in [6.07, 6.45) is 3.39. The van der Waals surface area contributed by atoms with Crippen molar-refractivity contribution in [2.45, 2.75) is 31.7 Å². The number of hydrogen-bond donors (Lipinski definition) is 1. The highest BCUT2D eigenvalue weighted by atomic mass is 19.1. The normalized spacial score (nSPS) is 16.4. The molecular formula is C20H22F2N2O. The van der Waals surface area contributed by atoms with E-state index in [0.29, 0.717) is 5.56 Å². The lowest BCUT2D eigenvalue weighted by atomic mass is 9.98. The third kappa shape index (κ3) is 4.86. The molecule has 5 heteroatoms. The minimum atomic E-state index is -0.611. The van der Waals surface area contributed by atoms with Gasteiger partial charge in [-0.2, -0.15) is 0 Å². The first-order chi connectivity index (χ1) is 12.1. The number of piperidine rings is 1. The van der Waals surface area contributed by atoms with E-state index in [4.69, 9.17) is 0 Å². The van der Waals surface area contributed by atoms with Gasteiger partial charge in [0, 0.05) is 24.2 Å². The first-order valence-electron chi connectivity index (χ1n) is 8.67. The number of carbonyl (C=O) groups excluding carboxylic acids is 1. The van der Waals surface area contributed by atoms with Crippen LogP contribution in [0.4, 0.5) is 14.5 Å². The summed E-state index contributed by atoms with van der Waals surface area (Å²) >= 11 is 0. The summed E-state index contributed by atoms with van der Waals surface area (Å²) in [4.78, 5) is 14.6. The second kappa shape index (κ2) is 8.21. The number of carbonyl (C=O) groups is 1. The molecule has 25 heavy (non-hydrogen) atoms. The fourth-order valence-corrected chi connectivity index (χ4v) is 3.36. The van der Waals surface area contributed by atoms with E-state index in [2.05, 4.69) is 10.2 Å². The third-order valence-corrected chi connectivity index (χ3v) is 4.54. The van der Waals surface area contributed by atoms with E-state index in [-0.39, 0.29) is 18.4 Å². The van der Waals surface area contributed by atoms with Crippen molar-refractivity contribution >= 4 is 11.6 Å². The Balaban J connectivity index is 1.79. The van der Waals surface area contributed by atoms with Gasteiger partial charge in [0.2, 0.25) is 5.91 Å². The smallest absolute Gasteiger partial charge is 0.226 e. The van der Waals surface area contributed by atoms with Crippen molar-refractivity contribution in [2.75, 3.05) is 18.4 Å². The Morgan fingerprint density at radius 1 is 1.00 bits per heavy atom. The maximum Gasteiger partial charge on any atom is 0.226 e. The Morgan fingerprint density at radius 3 is 2.28 bits per heavy atom. The van der Waals surface area contributed by atoms with Gasteiger partial charge in [-0.1, -0.05) is 24.6 Å². The third-order valence-electron chi connectivity index (χ3n) is 4.54. The molecule has 0 spiro atoms. The van der Waals surface area contributed by atoms with Gasteiger partial charge in [-0.3, -0.25) is 9.69 Å². The average molecular weight is 344 g/mol. The Labute approximate surface area is 146 Å². The molecule has 2 aromatic carbocycles. The Kier molecular flexibility index (Phi) is 5.76. The maximum absolute atomic E-state index is 13.7. The topological polar surface area (TPSA) is 32.3 Å². The van der Waals surface area contributed by atoms with Gasteiger partial charge in [-0.15, -0.1) is 0 Å². The lowest BCUT2D eigenvalue weighted by Gasteiger charge is -2.34. The highest BCUT2D eigenvalue weighted by molar-refractivity contribution is 5.91. The van der Waals surface area contributed by atoms with Gasteiger partial charge in [-0.05, 0) is 55.8 Å². The number of hydrogen-bond acceptors (Lipinski definition) is 2. The Hall–Kier alpha value is -2.27. The van der Waals surface area contributed by atoms with Crippen LogP contribution in [0.25, 0.3) is 0 Å². The van der Waals surface area contributed by atoms with E-state index in [1.54, 1.807) is 0 Å². The number of anilines is 1. The van der Waals surface area contributed by atoms with Crippen LogP contribution >= 0.6 is 0 Å². The van der Waals surface area contributed by atoms with Crippen molar-refractivity contribution in [1.29, 1.82) is 0 Å². The maximum atomic E-state index is 13.7. The van der Waals surface area contributed by atoms with Crippen LogP contribution in [0.2, 0.25) is 0 Å². The van der Waals surface area contributed by atoms with E-state index >= 15 is 0 Å². The SMILES string of the molecule is O=C(C[C@@H](c1cc(F)cc(F)c1)N1CCCCC1)Nc1ccccc1. The second-order valence-corrected chi connectivity index (χ2v) is 6.43. The van der Waals surface area contributed by atoms with Crippen molar-refractivity contribution < 1.29 is 13.6 Å². The van der Waals surface area contributed by atoms with Crippen molar-refractivity contribution in [3.63, 3.8) is 0 Å². The number of likely N-dealkylation sites (tertiary alicyclic amines) is 1. The molecule has 0 unspecified atom stereocenters. The predicted molar refractivity (Wildman–Crippen MR) is 94.2 cm³/mol. The fraction of sp³-hybridized carbons (Fsp3) is 0.350. The molecule has 3 rings (SSSR count). The van der Waals surface area contributed by atoms with Crippen molar-refractivity contribution in [2.24, 2.45) is 0 Å². The summed E-state index contributed by atoms with van der Waals surface area (Å²) in [6, 6.07) is 12.4. The molecule has 0 saturated carbocycles. The van der Waals surface area contributed by atoms with E-state index in [0.717, 1.165) is 44.1 Å². The zero-order valence-electron chi connectivity index (χ0n) is 14.1. The van der Waals surface area contributed by atoms with Gasteiger partial charge >= 0.3 is 0 Å². The summed E-state index contributed by atoms with van der Waals surface area (Å²) in [5.74, 6) is -1.38. The van der Waals surface area contributed by atoms with E-state index < -0.39 is 11.6 Å². The molecule has 3 nitrogen and oxygen atoms in total. The van der Waals surface area contributed by atoms with Gasteiger partial charge in [-0.25, -0.2) is 8.78 Å². The van der Waals surface area contributed by atoms with Crippen LogP contribution in [-0.4, -0.2) is 23.9 Å². The summed E-state index contributed by atoms with van der Waals surface area (Å²) < 4.78 is 27.4. The minimum Gasteiger partial charge on any atom is -0.326 e. The van der Waals surface area contributed by atoms with Crippen molar-refractivity contribution in [3.05, 3.63) is 65.7 Å². The largest absolute Gasteiger partial charge is 0.326 e. The number of para-hydroxylation sites is 1. The highest BCUT2D eigenvalue weighted by Gasteiger charge is 2.25. The highest BCUT2D eigenvalue weighted by Crippen LogP contribution is 2.29. The monoisotopic (exact) mass is 344 g/mol. The summed E-state index contributed by atoms with van der Waals surface area (Å²) in [7, 11) is 0. The van der Waals surface area contributed by atoms with Crippen molar-refractivity contribution in [3.8, 4) is 0 Å². The van der Waals surface area contributed by atoms with Crippen LogP contribution in [-0.2, 0) is 4.79 Å². The van der Waals surface area contributed by atoms with Crippen LogP contribution in [0, 0.1) is 11.6 Å². The number of amides is 1. The molecule has 0 radical (unpaired) electrons. The Bertz CT molecular complexity index is 695. The summed E-state index contributed by atoms with van der Waals surface area (Å²) in [5, 5.41) is 2.86. The van der Waals surface area contributed by atoms with Crippen LogP contribution < -0.4 is 5.32 Å². The molecule has 1 fully saturated rings. The Morgan fingerprint density at radius 2 is 1.64 bits per heavy atom. The van der Waals surface area contributed by atoms with Crippen molar-refractivity contribution in [1.82, 2.24) is 4.90 Å². The molecule has 0 aromatic heterocycles. The van der Waals surface area contributed by atoms with Crippen LogP contribution in [0.1, 0.15) is 37.3 Å². The standard InChI is InChI=1S/C20H22F2N2O/c21-16-11-15(12-17(22)13-16)19(24-9-5-2-6-10-24)14-20(25)23-18-7-3-1-4-8-18/h1,3-4,7-8,11-13,19H,2,5-6,9-10,14H2,(H,23,25)/t19-/m0/s1. The van der Waals surface area contributed by atoms with Crippen LogP contribution in [0.15, 0.2) is 48.5 Å². The molecule has 1 saturated heterocycles. The van der Waals surface area contributed by atoms with Crippen LogP contribution in [0.3, 0.4) is 0 Å². The zero-order valence-corrected chi connectivity index (χ0v) is 14.1. The molecule has 1 aliphatic heterocycles. The quantitative estimate of drug-likeness (QED) is 0.865. The van der Waals surface area contributed by atoms with Gasteiger partial charge in [0.1, 0.15) is 11.6 Å². The van der Waals surface area contributed by atoms with Gasteiger partial charge in [0.15, 0.2) is 0 Å². The molecule has 1 heterocycles.